The van der Waals surface area contributed by atoms with Gasteiger partial charge in [-0.1, -0.05) is 0 Å². The van der Waals surface area contributed by atoms with E-state index in [1.54, 1.807) is 17.8 Å². The highest BCUT2D eigenvalue weighted by molar-refractivity contribution is 8.21. The number of nitrogens with zero attached hydrogens (tertiary/aromatic N) is 1. The van der Waals surface area contributed by atoms with Gasteiger partial charge in [-0.25, -0.2) is 4.79 Å². The van der Waals surface area contributed by atoms with Crippen LogP contribution in [0, 0.1) is 0 Å². The fraction of sp³-hybridized carbons (Fsp3) is 0.600. The third kappa shape index (κ3) is 1.98. The van der Waals surface area contributed by atoms with Crippen molar-refractivity contribution in [3.8, 4) is 0 Å². The van der Waals surface area contributed by atoms with Gasteiger partial charge < -0.3 is 5.11 Å². The minimum Gasteiger partial charge on any atom is -0.477 e. The van der Waals surface area contributed by atoms with Gasteiger partial charge in [0.1, 0.15) is 5.70 Å². The summed E-state index contributed by atoms with van der Waals surface area (Å²) < 4.78 is 0.437. The number of amides is 1. The summed E-state index contributed by atoms with van der Waals surface area (Å²) in [6.07, 6.45) is 2.24. The maximum absolute atomic E-state index is 11.4. The summed E-state index contributed by atoms with van der Waals surface area (Å²) in [5, 5.41) is 9.42. The largest absolute Gasteiger partial charge is 0.477 e. The number of fused-ring (bicyclic) bond motifs is 1. The van der Waals surface area contributed by atoms with Crippen LogP contribution in [0.25, 0.3) is 0 Å². The Labute approximate surface area is 112 Å². The number of β-lactam (4-membered cyclic amide) rings is 1. The van der Waals surface area contributed by atoms with Crippen molar-refractivity contribution in [3.63, 3.8) is 0 Å². The topological polar surface area (TPSA) is 57.6 Å². The summed E-state index contributed by atoms with van der Waals surface area (Å²) in [4.78, 5) is 24.0. The van der Waals surface area contributed by atoms with Crippen LogP contribution < -0.4 is 0 Å². The predicted molar refractivity (Wildman–Crippen MR) is 71.1 cm³/mol. The van der Waals surface area contributed by atoms with Crippen molar-refractivity contribution >= 4 is 47.2 Å². The van der Waals surface area contributed by atoms with Gasteiger partial charge in [-0.15, -0.1) is 35.3 Å². The fourth-order valence-electron chi connectivity index (χ4n) is 2.13. The van der Waals surface area contributed by atoms with Crippen molar-refractivity contribution < 1.29 is 14.7 Å². The Morgan fingerprint density at radius 2 is 2.12 bits per heavy atom. The quantitative estimate of drug-likeness (QED) is 0.776. The molecule has 7 heteroatoms. The molecule has 2 fully saturated rings. The minimum atomic E-state index is -0.985. The lowest BCUT2D eigenvalue weighted by Crippen LogP contribution is -2.54. The molecular weight excluding hydrogens is 278 g/mol. The first kappa shape index (κ1) is 11.8. The molecule has 0 aromatic carbocycles. The highest BCUT2D eigenvalue weighted by Gasteiger charge is 2.47. The summed E-state index contributed by atoms with van der Waals surface area (Å²) in [7, 11) is 0. The molecule has 3 aliphatic heterocycles. The predicted octanol–water partition coefficient (Wildman–Crippen LogP) is 1.43. The molecule has 2 atom stereocenters. The normalized spacial score (nSPS) is 33.1. The van der Waals surface area contributed by atoms with Crippen molar-refractivity contribution in [2.24, 2.45) is 0 Å². The average Bonchev–Trinajstić information content (AvgIpc) is 2.79. The van der Waals surface area contributed by atoms with Crippen LogP contribution in [-0.2, 0) is 9.59 Å². The summed E-state index contributed by atoms with van der Waals surface area (Å²) in [5.74, 6) is 1.22. The number of hydrogen-bond donors (Lipinski definition) is 1. The third-order valence-corrected chi connectivity index (χ3v) is 7.89. The van der Waals surface area contributed by atoms with Gasteiger partial charge in [-0.2, -0.15) is 0 Å². The van der Waals surface area contributed by atoms with Gasteiger partial charge in [0.25, 0.3) is 0 Å². The lowest BCUT2D eigenvalue weighted by atomic mass is 10.1. The highest BCUT2D eigenvalue weighted by Crippen LogP contribution is 2.47. The van der Waals surface area contributed by atoms with Crippen LogP contribution in [0.15, 0.2) is 11.8 Å². The molecular formula is C10H11NO3S3. The number of carboxylic acids is 1. The summed E-state index contributed by atoms with van der Waals surface area (Å²) in [5.41, 5.74) is 0.183. The fourth-order valence-corrected chi connectivity index (χ4v) is 7.01. The van der Waals surface area contributed by atoms with E-state index in [9.17, 15) is 9.59 Å². The number of hydrogen-bond acceptors (Lipinski definition) is 5. The van der Waals surface area contributed by atoms with Crippen LogP contribution in [0.5, 0.6) is 0 Å². The number of carbonyl (C=O) groups excluding carboxylic acids is 1. The molecule has 0 spiro atoms. The number of carboxylic acid groups (broad SMARTS) is 1. The molecule has 92 valence electrons. The van der Waals surface area contributed by atoms with Gasteiger partial charge in [0.15, 0.2) is 0 Å². The van der Waals surface area contributed by atoms with Crippen molar-refractivity contribution in [2.75, 3.05) is 11.5 Å². The smallest absolute Gasteiger partial charge is 0.352 e. The van der Waals surface area contributed by atoms with Gasteiger partial charge in [-0.3, -0.25) is 9.69 Å². The second-order valence-electron chi connectivity index (χ2n) is 3.99. The van der Waals surface area contributed by atoms with E-state index in [0.717, 1.165) is 11.5 Å². The molecule has 0 saturated carbocycles. The monoisotopic (exact) mass is 289 g/mol. The van der Waals surface area contributed by atoms with Gasteiger partial charge in [0.2, 0.25) is 5.91 Å². The summed E-state index contributed by atoms with van der Waals surface area (Å²) in [6.45, 7) is 0. The molecule has 0 aromatic rings. The first-order valence-corrected chi connectivity index (χ1v) is 8.36. The molecule has 3 aliphatic rings. The maximum Gasteiger partial charge on any atom is 0.352 e. The van der Waals surface area contributed by atoms with E-state index < -0.39 is 5.97 Å². The van der Waals surface area contributed by atoms with E-state index >= 15 is 0 Å². The lowest BCUT2D eigenvalue weighted by molar-refractivity contribution is -0.146. The second kappa shape index (κ2) is 4.44. The van der Waals surface area contributed by atoms with E-state index in [2.05, 4.69) is 0 Å². The zero-order valence-corrected chi connectivity index (χ0v) is 11.3. The van der Waals surface area contributed by atoms with Crippen LogP contribution in [0.1, 0.15) is 6.42 Å². The van der Waals surface area contributed by atoms with E-state index in [-0.39, 0.29) is 22.2 Å². The SMILES string of the molecule is O=C(O)C1=CC(C2SCCS2)S[C@@H]2CC(=O)N12. The second-order valence-corrected chi connectivity index (χ2v) is 8.15. The van der Waals surface area contributed by atoms with Crippen molar-refractivity contribution in [2.45, 2.75) is 21.6 Å². The molecule has 2 saturated heterocycles. The first-order chi connectivity index (χ1) is 8.16. The standard InChI is InChI=1S/C10H11NO3S3/c12-7-4-8-11(7)5(9(13)14)3-6(17-8)10-15-1-2-16-10/h3,6,8,10H,1-2,4H2,(H,13,14)/t6?,8-/m1/s1. The minimum absolute atomic E-state index is 0.0467. The number of carbonyl (C=O) groups is 2. The maximum atomic E-state index is 11.4. The zero-order chi connectivity index (χ0) is 12.0. The molecule has 0 aliphatic carbocycles. The first-order valence-electron chi connectivity index (χ1n) is 5.32. The molecule has 4 nitrogen and oxygen atoms in total. The molecule has 1 N–H and O–H groups in total. The average molecular weight is 289 g/mol. The number of rotatable bonds is 2. The molecule has 0 aromatic heterocycles. The van der Waals surface area contributed by atoms with Crippen LogP contribution in [-0.4, -0.2) is 48.6 Å². The third-order valence-electron chi connectivity index (χ3n) is 2.94. The molecule has 0 radical (unpaired) electrons. The van der Waals surface area contributed by atoms with E-state index in [0.29, 0.717) is 11.0 Å². The van der Waals surface area contributed by atoms with E-state index in [4.69, 9.17) is 5.11 Å². The highest BCUT2D eigenvalue weighted by atomic mass is 32.2. The van der Waals surface area contributed by atoms with Gasteiger partial charge in [0.05, 0.1) is 16.4 Å². The Morgan fingerprint density at radius 1 is 1.41 bits per heavy atom. The van der Waals surface area contributed by atoms with Crippen molar-refractivity contribution in [3.05, 3.63) is 11.8 Å². The zero-order valence-electron chi connectivity index (χ0n) is 8.87. The summed E-state index contributed by atoms with van der Waals surface area (Å²) in [6, 6.07) is 0. The van der Waals surface area contributed by atoms with Gasteiger partial charge >= 0.3 is 5.97 Å². The molecule has 0 bridgehead atoms. The van der Waals surface area contributed by atoms with Crippen molar-refractivity contribution in [1.29, 1.82) is 0 Å². The molecule has 1 unspecified atom stereocenters. The number of thioether (sulfide) groups is 3. The van der Waals surface area contributed by atoms with Crippen LogP contribution in [0.2, 0.25) is 0 Å². The lowest BCUT2D eigenvalue weighted by Gasteiger charge is -2.45. The Hall–Kier alpha value is -0.270. The van der Waals surface area contributed by atoms with Gasteiger partial charge in [0, 0.05) is 16.8 Å². The number of aliphatic carboxylic acids is 1. The molecule has 1 amide bonds. The Morgan fingerprint density at radius 3 is 2.71 bits per heavy atom. The summed E-state index contributed by atoms with van der Waals surface area (Å²) >= 11 is 5.51. The molecule has 3 rings (SSSR count). The Balaban J connectivity index is 1.85. The Kier molecular flexibility index (Phi) is 3.08. The van der Waals surface area contributed by atoms with Crippen LogP contribution in [0.4, 0.5) is 0 Å². The van der Waals surface area contributed by atoms with E-state index in [1.807, 2.05) is 23.5 Å². The van der Waals surface area contributed by atoms with Crippen molar-refractivity contribution in [1.82, 2.24) is 4.90 Å². The molecule has 3 heterocycles. The molecule has 17 heavy (non-hydrogen) atoms. The van der Waals surface area contributed by atoms with E-state index in [1.165, 1.54) is 4.90 Å². The van der Waals surface area contributed by atoms with Crippen LogP contribution in [0.3, 0.4) is 0 Å². The Bertz CT molecular complexity index is 406. The van der Waals surface area contributed by atoms with Crippen LogP contribution >= 0.6 is 35.3 Å². The van der Waals surface area contributed by atoms with Gasteiger partial charge in [-0.05, 0) is 6.08 Å².